The predicted octanol–water partition coefficient (Wildman–Crippen LogP) is 5.11. The average Bonchev–Trinajstić information content (AvgIpc) is 2.34. The molecule has 0 aliphatic carbocycles. The molecule has 2 rings (SSSR count). The molecule has 0 N–H and O–H groups in total. The van der Waals surface area contributed by atoms with Crippen molar-refractivity contribution in [3.8, 4) is 0 Å². The van der Waals surface area contributed by atoms with Crippen LogP contribution in [0.2, 0.25) is 10.0 Å². The van der Waals surface area contributed by atoms with Crippen molar-refractivity contribution in [3.05, 3.63) is 82.4 Å². The van der Waals surface area contributed by atoms with E-state index in [2.05, 4.69) is 12.6 Å². The Kier molecular flexibility index (Phi) is 3.88. The van der Waals surface area contributed by atoms with Gasteiger partial charge in [-0.15, -0.1) is 6.58 Å². The van der Waals surface area contributed by atoms with E-state index in [9.17, 15) is 0 Å². The molecule has 0 fully saturated rings. The third-order valence-electron chi connectivity index (χ3n) is 2.64. The zero-order valence-electron chi connectivity index (χ0n) is 9.16. The van der Waals surface area contributed by atoms with Gasteiger partial charge in [0.2, 0.25) is 0 Å². The maximum absolute atomic E-state index is 6.21. The molecule has 0 saturated heterocycles. The van der Waals surface area contributed by atoms with Crippen molar-refractivity contribution in [1.29, 1.82) is 0 Å². The minimum atomic E-state index is 0.0781. The molecular weight excluding hydrogens is 251 g/mol. The molecule has 2 aromatic carbocycles. The summed E-state index contributed by atoms with van der Waals surface area (Å²) < 4.78 is 0. The van der Waals surface area contributed by atoms with Gasteiger partial charge >= 0.3 is 0 Å². The Hall–Kier alpha value is -1.24. The second-order valence-corrected chi connectivity index (χ2v) is 4.56. The lowest BCUT2D eigenvalue weighted by Crippen LogP contribution is -1.98. The standard InChI is InChI=1S/C15H11Cl2/c1-2-13(11-6-4-3-5-7-11)14-9-8-12(16)10-15(14)17/h2,4-10,13H,1H2. The maximum Gasteiger partial charge on any atom is 0.0462 e. The lowest BCUT2D eigenvalue weighted by Gasteiger charge is -2.15. The number of halogens is 2. The molecule has 0 heterocycles. The van der Waals surface area contributed by atoms with Crippen LogP contribution in [0.1, 0.15) is 17.0 Å². The zero-order chi connectivity index (χ0) is 12.3. The second-order valence-electron chi connectivity index (χ2n) is 3.71. The van der Waals surface area contributed by atoms with Crippen molar-refractivity contribution in [2.45, 2.75) is 5.92 Å². The summed E-state index contributed by atoms with van der Waals surface area (Å²) in [5, 5.41) is 1.30. The molecule has 0 bridgehead atoms. The molecule has 17 heavy (non-hydrogen) atoms. The van der Waals surface area contributed by atoms with Crippen LogP contribution >= 0.6 is 23.2 Å². The van der Waals surface area contributed by atoms with Gasteiger partial charge in [0.15, 0.2) is 0 Å². The van der Waals surface area contributed by atoms with Gasteiger partial charge in [-0.25, -0.2) is 0 Å². The summed E-state index contributed by atoms with van der Waals surface area (Å²) in [4.78, 5) is 0. The average molecular weight is 262 g/mol. The molecular formula is C15H11Cl2. The minimum absolute atomic E-state index is 0.0781. The first kappa shape index (κ1) is 12.2. The molecule has 1 atom stereocenters. The molecule has 0 saturated carbocycles. The Morgan fingerprint density at radius 1 is 1.12 bits per heavy atom. The topological polar surface area (TPSA) is 0 Å². The summed E-state index contributed by atoms with van der Waals surface area (Å²) in [6.07, 6.45) is 1.88. The van der Waals surface area contributed by atoms with E-state index in [1.54, 1.807) is 6.07 Å². The van der Waals surface area contributed by atoms with Crippen molar-refractivity contribution in [1.82, 2.24) is 0 Å². The molecule has 0 aromatic heterocycles. The van der Waals surface area contributed by atoms with Crippen molar-refractivity contribution < 1.29 is 0 Å². The van der Waals surface area contributed by atoms with Crippen LogP contribution in [0.25, 0.3) is 0 Å². The number of benzene rings is 2. The van der Waals surface area contributed by atoms with Gasteiger partial charge in [0.05, 0.1) is 0 Å². The van der Waals surface area contributed by atoms with Crippen molar-refractivity contribution >= 4 is 23.2 Å². The molecule has 1 radical (unpaired) electrons. The highest BCUT2D eigenvalue weighted by molar-refractivity contribution is 6.35. The van der Waals surface area contributed by atoms with Crippen LogP contribution in [0.3, 0.4) is 0 Å². The van der Waals surface area contributed by atoms with Gasteiger partial charge < -0.3 is 0 Å². The van der Waals surface area contributed by atoms with E-state index in [-0.39, 0.29) is 5.92 Å². The molecule has 0 amide bonds. The van der Waals surface area contributed by atoms with E-state index in [1.165, 1.54) is 0 Å². The highest BCUT2D eigenvalue weighted by Gasteiger charge is 2.13. The normalized spacial score (nSPS) is 12.1. The van der Waals surface area contributed by atoms with Crippen LogP contribution in [0.15, 0.2) is 55.1 Å². The maximum atomic E-state index is 6.21. The van der Waals surface area contributed by atoms with Gasteiger partial charge in [-0.1, -0.05) is 59.6 Å². The van der Waals surface area contributed by atoms with Crippen LogP contribution in [0.4, 0.5) is 0 Å². The number of hydrogen-bond donors (Lipinski definition) is 0. The Labute approximate surface area is 112 Å². The number of rotatable bonds is 3. The first-order chi connectivity index (χ1) is 8.22. The molecule has 0 aliphatic rings. The number of allylic oxidation sites excluding steroid dienone is 1. The quantitative estimate of drug-likeness (QED) is 0.674. The third kappa shape index (κ3) is 2.71. The largest absolute Gasteiger partial charge is 0.102 e. The lowest BCUT2D eigenvalue weighted by atomic mass is 9.91. The Morgan fingerprint density at radius 3 is 2.41 bits per heavy atom. The summed E-state index contributed by atoms with van der Waals surface area (Å²) in [6, 6.07) is 16.3. The second kappa shape index (κ2) is 5.39. The zero-order valence-corrected chi connectivity index (χ0v) is 10.7. The molecule has 2 heteroatoms. The summed E-state index contributed by atoms with van der Waals surface area (Å²) in [5.74, 6) is 0.0781. The van der Waals surface area contributed by atoms with Crippen LogP contribution < -0.4 is 0 Å². The monoisotopic (exact) mass is 261 g/mol. The van der Waals surface area contributed by atoms with E-state index in [1.807, 2.05) is 42.5 Å². The molecule has 85 valence electrons. The van der Waals surface area contributed by atoms with E-state index >= 15 is 0 Å². The van der Waals surface area contributed by atoms with Gasteiger partial charge in [0, 0.05) is 16.0 Å². The van der Waals surface area contributed by atoms with Crippen molar-refractivity contribution in [2.24, 2.45) is 0 Å². The van der Waals surface area contributed by atoms with Gasteiger partial charge in [-0.05, 0) is 29.3 Å². The summed E-state index contributed by atoms with van der Waals surface area (Å²) in [7, 11) is 0. The number of hydrogen-bond acceptors (Lipinski definition) is 0. The van der Waals surface area contributed by atoms with Gasteiger partial charge in [0.25, 0.3) is 0 Å². The van der Waals surface area contributed by atoms with Gasteiger partial charge in [0.1, 0.15) is 0 Å². The third-order valence-corrected chi connectivity index (χ3v) is 3.20. The van der Waals surface area contributed by atoms with Crippen LogP contribution in [0, 0.1) is 6.07 Å². The van der Waals surface area contributed by atoms with E-state index in [0.717, 1.165) is 11.1 Å². The summed E-state index contributed by atoms with van der Waals surface area (Å²) in [6.45, 7) is 3.88. The Morgan fingerprint density at radius 2 is 1.82 bits per heavy atom. The highest BCUT2D eigenvalue weighted by Crippen LogP contribution is 2.32. The minimum Gasteiger partial charge on any atom is -0.102 e. The van der Waals surface area contributed by atoms with Gasteiger partial charge in [-0.2, -0.15) is 0 Å². The van der Waals surface area contributed by atoms with E-state index in [4.69, 9.17) is 23.2 Å². The fraction of sp³-hybridized carbons (Fsp3) is 0.0667. The van der Waals surface area contributed by atoms with Crippen LogP contribution in [0.5, 0.6) is 0 Å². The Bertz CT molecular complexity index is 518. The molecule has 1 unspecified atom stereocenters. The first-order valence-corrected chi connectivity index (χ1v) is 6.01. The van der Waals surface area contributed by atoms with Crippen LogP contribution in [-0.2, 0) is 0 Å². The molecule has 2 aromatic rings. The van der Waals surface area contributed by atoms with Crippen molar-refractivity contribution in [3.63, 3.8) is 0 Å². The molecule has 0 spiro atoms. The summed E-state index contributed by atoms with van der Waals surface area (Å²) >= 11 is 12.1. The fourth-order valence-electron chi connectivity index (χ4n) is 1.80. The SMILES string of the molecule is C=CC(c1cc[c]cc1)c1ccc(Cl)cc1Cl. The first-order valence-electron chi connectivity index (χ1n) is 5.26. The smallest absolute Gasteiger partial charge is 0.0462 e. The van der Waals surface area contributed by atoms with E-state index < -0.39 is 0 Å². The highest BCUT2D eigenvalue weighted by atomic mass is 35.5. The van der Waals surface area contributed by atoms with Crippen molar-refractivity contribution in [2.75, 3.05) is 0 Å². The van der Waals surface area contributed by atoms with E-state index in [0.29, 0.717) is 10.0 Å². The fourth-order valence-corrected chi connectivity index (χ4v) is 2.33. The van der Waals surface area contributed by atoms with Gasteiger partial charge in [-0.3, -0.25) is 0 Å². The molecule has 0 aliphatic heterocycles. The van der Waals surface area contributed by atoms with Crippen LogP contribution in [-0.4, -0.2) is 0 Å². The Balaban J connectivity index is 2.46. The predicted molar refractivity (Wildman–Crippen MR) is 73.8 cm³/mol. The lowest BCUT2D eigenvalue weighted by molar-refractivity contribution is 1.03. The molecule has 0 nitrogen and oxygen atoms in total. The summed E-state index contributed by atoms with van der Waals surface area (Å²) in [5.41, 5.74) is 2.15.